The van der Waals surface area contributed by atoms with Crippen LogP contribution in [0.15, 0.2) is 18.2 Å². The average Bonchev–Trinajstić information content (AvgIpc) is 2.27. The maximum Gasteiger partial charge on any atom is 0.313 e. The predicted octanol–water partition coefficient (Wildman–Crippen LogP) is 3.18. The summed E-state index contributed by atoms with van der Waals surface area (Å²) in [5, 5.41) is 9.29. The Hall–Kier alpha value is -1.51. The van der Waals surface area contributed by atoms with Gasteiger partial charge in [0.15, 0.2) is 0 Å². The minimum atomic E-state index is -0.948. The van der Waals surface area contributed by atoms with Gasteiger partial charge in [0, 0.05) is 5.56 Å². The molecular weight excluding hydrogens is 216 g/mol. The molecule has 1 N–H and O–H groups in total. The largest absolute Gasteiger partial charge is 0.496 e. The standard InChI is InChI=1S/C14H20O3/c1-9(2)10-6-7-12(17-5)11(8-10)14(3,4)13(15)16/h6-9H,1-5H3,(H,15,16). The molecule has 17 heavy (non-hydrogen) atoms. The fourth-order valence-electron chi connectivity index (χ4n) is 1.69. The monoisotopic (exact) mass is 236 g/mol. The van der Waals surface area contributed by atoms with Crippen molar-refractivity contribution in [1.29, 1.82) is 0 Å². The number of carbonyl (C=O) groups is 1. The molecule has 1 rings (SSSR count). The minimum absolute atomic E-state index is 0.365. The normalized spacial score (nSPS) is 11.6. The van der Waals surface area contributed by atoms with E-state index in [0.717, 1.165) is 11.1 Å². The number of aliphatic carboxylic acids is 1. The first-order chi connectivity index (χ1) is 7.80. The van der Waals surface area contributed by atoms with Gasteiger partial charge in [-0.2, -0.15) is 0 Å². The zero-order valence-corrected chi connectivity index (χ0v) is 11.1. The fraction of sp³-hybridized carbons (Fsp3) is 0.500. The van der Waals surface area contributed by atoms with E-state index in [1.54, 1.807) is 21.0 Å². The lowest BCUT2D eigenvalue weighted by atomic mass is 9.82. The topological polar surface area (TPSA) is 46.5 Å². The second kappa shape index (κ2) is 4.78. The molecule has 0 saturated heterocycles. The van der Waals surface area contributed by atoms with Crippen molar-refractivity contribution in [3.05, 3.63) is 29.3 Å². The predicted molar refractivity (Wildman–Crippen MR) is 67.7 cm³/mol. The number of rotatable bonds is 4. The molecule has 0 unspecified atom stereocenters. The van der Waals surface area contributed by atoms with Crippen molar-refractivity contribution < 1.29 is 14.6 Å². The SMILES string of the molecule is COc1ccc(C(C)C)cc1C(C)(C)C(=O)O. The molecule has 3 heteroatoms. The second-order valence-electron chi connectivity index (χ2n) is 5.04. The van der Waals surface area contributed by atoms with Crippen molar-refractivity contribution in [2.45, 2.75) is 39.0 Å². The van der Waals surface area contributed by atoms with E-state index in [9.17, 15) is 9.90 Å². The summed E-state index contributed by atoms with van der Waals surface area (Å²) in [6.45, 7) is 7.55. The van der Waals surface area contributed by atoms with Crippen LogP contribution in [0.3, 0.4) is 0 Å². The zero-order chi connectivity index (χ0) is 13.2. The van der Waals surface area contributed by atoms with Crippen LogP contribution in [0.25, 0.3) is 0 Å². The fourth-order valence-corrected chi connectivity index (χ4v) is 1.69. The Balaban J connectivity index is 3.38. The van der Waals surface area contributed by atoms with E-state index in [0.29, 0.717) is 11.7 Å². The third kappa shape index (κ3) is 2.60. The van der Waals surface area contributed by atoms with Gasteiger partial charge in [-0.3, -0.25) is 4.79 Å². The van der Waals surface area contributed by atoms with E-state index >= 15 is 0 Å². The highest BCUT2D eigenvalue weighted by Gasteiger charge is 2.32. The number of hydrogen-bond acceptors (Lipinski definition) is 2. The Bertz CT molecular complexity index is 419. The number of ether oxygens (including phenoxy) is 1. The molecule has 0 aliphatic carbocycles. The summed E-state index contributed by atoms with van der Waals surface area (Å²) in [5.74, 6) is 0.141. The Kier molecular flexibility index (Phi) is 3.81. The summed E-state index contributed by atoms with van der Waals surface area (Å²) >= 11 is 0. The van der Waals surface area contributed by atoms with Crippen molar-refractivity contribution in [3.8, 4) is 5.75 Å². The van der Waals surface area contributed by atoms with Crippen LogP contribution < -0.4 is 4.74 Å². The van der Waals surface area contributed by atoms with Gasteiger partial charge in [0.1, 0.15) is 5.75 Å². The van der Waals surface area contributed by atoms with Gasteiger partial charge in [0.05, 0.1) is 12.5 Å². The first-order valence-corrected chi connectivity index (χ1v) is 5.72. The summed E-state index contributed by atoms with van der Waals surface area (Å²) in [6, 6.07) is 5.75. The Morgan fingerprint density at radius 1 is 1.35 bits per heavy atom. The summed E-state index contributed by atoms with van der Waals surface area (Å²) in [7, 11) is 1.56. The molecule has 94 valence electrons. The van der Waals surface area contributed by atoms with E-state index in [1.165, 1.54) is 0 Å². The molecule has 1 aromatic carbocycles. The van der Waals surface area contributed by atoms with E-state index in [4.69, 9.17) is 4.74 Å². The van der Waals surface area contributed by atoms with Gasteiger partial charge >= 0.3 is 5.97 Å². The second-order valence-corrected chi connectivity index (χ2v) is 5.04. The minimum Gasteiger partial charge on any atom is -0.496 e. The summed E-state index contributed by atoms with van der Waals surface area (Å²) in [4.78, 5) is 11.3. The number of methoxy groups -OCH3 is 1. The number of hydrogen-bond donors (Lipinski definition) is 1. The van der Waals surface area contributed by atoms with Crippen LogP contribution in [-0.4, -0.2) is 18.2 Å². The van der Waals surface area contributed by atoms with E-state index in [-0.39, 0.29) is 0 Å². The van der Waals surface area contributed by atoms with Gasteiger partial charge in [-0.1, -0.05) is 26.0 Å². The first-order valence-electron chi connectivity index (χ1n) is 5.72. The molecule has 0 aliphatic heterocycles. The van der Waals surface area contributed by atoms with Crippen molar-refractivity contribution >= 4 is 5.97 Å². The van der Waals surface area contributed by atoms with Crippen molar-refractivity contribution in [2.75, 3.05) is 7.11 Å². The molecule has 0 aromatic heterocycles. The molecule has 1 aromatic rings. The maximum atomic E-state index is 11.3. The number of carboxylic acid groups (broad SMARTS) is 1. The van der Waals surface area contributed by atoms with E-state index in [2.05, 4.69) is 13.8 Å². The Labute approximate surface area is 102 Å². The molecule has 0 fully saturated rings. The van der Waals surface area contributed by atoms with Crippen LogP contribution in [0.5, 0.6) is 5.75 Å². The van der Waals surface area contributed by atoms with Gasteiger partial charge in [-0.15, -0.1) is 0 Å². The molecule has 0 radical (unpaired) electrons. The highest BCUT2D eigenvalue weighted by atomic mass is 16.5. The number of carboxylic acids is 1. The maximum absolute atomic E-state index is 11.3. The first kappa shape index (κ1) is 13.6. The summed E-state index contributed by atoms with van der Waals surface area (Å²) in [5.41, 5.74) is 0.893. The Morgan fingerprint density at radius 2 is 1.94 bits per heavy atom. The quantitative estimate of drug-likeness (QED) is 0.873. The van der Waals surface area contributed by atoms with Crippen LogP contribution in [0.1, 0.15) is 44.7 Å². The van der Waals surface area contributed by atoms with Crippen molar-refractivity contribution in [2.24, 2.45) is 0 Å². The van der Waals surface area contributed by atoms with E-state index in [1.807, 2.05) is 18.2 Å². The molecular formula is C14H20O3. The summed E-state index contributed by atoms with van der Waals surface area (Å²) < 4.78 is 5.25. The highest BCUT2D eigenvalue weighted by molar-refractivity contribution is 5.81. The average molecular weight is 236 g/mol. The molecule has 0 amide bonds. The highest BCUT2D eigenvalue weighted by Crippen LogP contribution is 2.34. The molecule has 0 saturated carbocycles. The number of benzene rings is 1. The molecule has 0 atom stereocenters. The molecule has 0 heterocycles. The van der Waals surface area contributed by atoms with Crippen LogP contribution in [-0.2, 0) is 10.2 Å². The van der Waals surface area contributed by atoms with E-state index < -0.39 is 11.4 Å². The third-order valence-electron chi connectivity index (χ3n) is 3.10. The van der Waals surface area contributed by atoms with Gasteiger partial charge in [-0.25, -0.2) is 0 Å². The van der Waals surface area contributed by atoms with Gasteiger partial charge in [-0.05, 0) is 31.4 Å². The van der Waals surface area contributed by atoms with Crippen LogP contribution in [0, 0.1) is 0 Å². The van der Waals surface area contributed by atoms with Gasteiger partial charge < -0.3 is 9.84 Å². The smallest absolute Gasteiger partial charge is 0.313 e. The van der Waals surface area contributed by atoms with Gasteiger partial charge in [0.2, 0.25) is 0 Å². The molecule has 0 bridgehead atoms. The van der Waals surface area contributed by atoms with Crippen LogP contribution in [0.4, 0.5) is 0 Å². The van der Waals surface area contributed by atoms with Crippen molar-refractivity contribution in [3.63, 3.8) is 0 Å². The zero-order valence-electron chi connectivity index (χ0n) is 11.1. The van der Waals surface area contributed by atoms with Crippen LogP contribution >= 0.6 is 0 Å². The van der Waals surface area contributed by atoms with Crippen molar-refractivity contribution in [1.82, 2.24) is 0 Å². The lowest BCUT2D eigenvalue weighted by Gasteiger charge is -2.23. The molecule has 3 nitrogen and oxygen atoms in total. The third-order valence-corrected chi connectivity index (χ3v) is 3.10. The lowest BCUT2D eigenvalue weighted by Crippen LogP contribution is -2.29. The lowest BCUT2D eigenvalue weighted by molar-refractivity contribution is -0.142. The summed E-state index contributed by atoms with van der Waals surface area (Å²) in [6.07, 6.45) is 0. The van der Waals surface area contributed by atoms with Gasteiger partial charge in [0.25, 0.3) is 0 Å². The Morgan fingerprint density at radius 3 is 2.35 bits per heavy atom. The molecule has 0 spiro atoms. The molecule has 0 aliphatic rings. The van der Waals surface area contributed by atoms with Crippen LogP contribution in [0.2, 0.25) is 0 Å².